The lowest BCUT2D eigenvalue weighted by Crippen LogP contribution is -2.53. The summed E-state index contributed by atoms with van der Waals surface area (Å²) in [5.41, 5.74) is 0. The van der Waals surface area contributed by atoms with Gasteiger partial charge in [-0.25, -0.2) is 0 Å². The van der Waals surface area contributed by atoms with E-state index >= 15 is 0 Å². The molecule has 3 saturated heterocycles. The van der Waals surface area contributed by atoms with Gasteiger partial charge >= 0.3 is 0 Å². The monoisotopic (exact) mass is 297 g/mol. The van der Waals surface area contributed by atoms with Crippen LogP contribution < -0.4 is 5.32 Å². The first-order valence-electron chi connectivity index (χ1n) is 7.63. The van der Waals surface area contributed by atoms with Gasteiger partial charge in [-0.3, -0.25) is 9.59 Å². The van der Waals surface area contributed by atoms with Crippen molar-refractivity contribution in [3.63, 3.8) is 0 Å². The third-order valence-corrected chi connectivity index (χ3v) is 5.93. The van der Waals surface area contributed by atoms with E-state index in [2.05, 4.69) is 5.32 Å². The number of piperidine rings is 1. The second-order valence-electron chi connectivity index (χ2n) is 5.88. The first-order valence-corrected chi connectivity index (χ1v) is 8.68. The van der Waals surface area contributed by atoms with Crippen LogP contribution in [0.1, 0.15) is 25.7 Å². The quantitative estimate of drug-likeness (QED) is 0.814. The molecule has 0 radical (unpaired) electrons. The van der Waals surface area contributed by atoms with E-state index in [1.54, 1.807) is 0 Å². The van der Waals surface area contributed by atoms with Crippen LogP contribution in [0.25, 0.3) is 0 Å². The van der Waals surface area contributed by atoms with Crippen molar-refractivity contribution in [3.05, 3.63) is 0 Å². The third kappa shape index (κ3) is 3.11. The lowest BCUT2D eigenvalue weighted by atomic mass is 10.1. The molecule has 2 amide bonds. The van der Waals surface area contributed by atoms with Gasteiger partial charge in [-0.1, -0.05) is 0 Å². The van der Waals surface area contributed by atoms with Crippen molar-refractivity contribution in [1.29, 1.82) is 0 Å². The second-order valence-corrected chi connectivity index (χ2v) is 7.17. The highest BCUT2D eigenvalue weighted by Crippen LogP contribution is 2.24. The summed E-state index contributed by atoms with van der Waals surface area (Å²) in [7, 11) is 0. The summed E-state index contributed by atoms with van der Waals surface area (Å²) in [6.07, 6.45) is 3.92. The molecular weight excluding hydrogens is 274 g/mol. The van der Waals surface area contributed by atoms with Gasteiger partial charge in [0.2, 0.25) is 11.8 Å². The lowest BCUT2D eigenvalue weighted by molar-refractivity contribution is -0.137. The zero-order valence-corrected chi connectivity index (χ0v) is 12.7. The Labute approximate surface area is 124 Å². The highest BCUT2D eigenvalue weighted by atomic mass is 32.2. The summed E-state index contributed by atoms with van der Waals surface area (Å²) in [5, 5.41) is 3.98. The molecule has 0 aromatic carbocycles. The number of carbonyl (C=O) groups excluding carboxylic acids is 2. The number of hydrogen-bond acceptors (Lipinski definition) is 4. The predicted octanol–water partition coefficient (Wildman–Crippen LogP) is 0.305. The van der Waals surface area contributed by atoms with Crippen LogP contribution in [0.5, 0.6) is 0 Å². The van der Waals surface area contributed by atoms with Crippen LogP contribution in [0.3, 0.4) is 0 Å². The van der Waals surface area contributed by atoms with E-state index in [-0.39, 0.29) is 17.9 Å². The summed E-state index contributed by atoms with van der Waals surface area (Å²) >= 11 is 1.81. The number of amides is 2. The number of carbonyl (C=O) groups is 2. The van der Waals surface area contributed by atoms with Crippen LogP contribution in [0.2, 0.25) is 0 Å². The summed E-state index contributed by atoms with van der Waals surface area (Å²) in [4.78, 5) is 27.9. The fourth-order valence-electron chi connectivity index (χ4n) is 3.33. The molecule has 6 heteroatoms. The van der Waals surface area contributed by atoms with E-state index in [0.29, 0.717) is 24.0 Å². The van der Waals surface area contributed by atoms with Crippen LogP contribution in [-0.4, -0.2) is 71.4 Å². The smallest absolute Gasteiger partial charge is 0.232 e. The molecule has 3 aliphatic rings. The second kappa shape index (κ2) is 6.35. The molecule has 20 heavy (non-hydrogen) atoms. The molecule has 3 fully saturated rings. The van der Waals surface area contributed by atoms with Crippen LogP contribution in [0.15, 0.2) is 0 Å². The number of nitrogens with zero attached hydrogens (tertiary/aromatic N) is 2. The molecule has 5 nitrogen and oxygen atoms in total. The third-order valence-electron chi connectivity index (χ3n) is 4.58. The first kappa shape index (κ1) is 14.2. The molecule has 3 heterocycles. The Balaban J connectivity index is 1.44. The first-order chi connectivity index (χ1) is 9.74. The van der Waals surface area contributed by atoms with Crippen molar-refractivity contribution in [2.75, 3.05) is 38.5 Å². The van der Waals surface area contributed by atoms with E-state index in [1.807, 2.05) is 21.6 Å². The molecule has 0 bridgehead atoms. The fourth-order valence-corrected chi connectivity index (χ4v) is 4.46. The largest absolute Gasteiger partial charge is 0.338 e. The van der Waals surface area contributed by atoms with Crippen molar-refractivity contribution in [2.24, 2.45) is 0 Å². The minimum atomic E-state index is 0.257. The summed E-state index contributed by atoms with van der Waals surface area (Å²) in [6, 6.07) is 0.282. The maximum atomic E-state index is 12.3. The molecule has 1 atom stereocenters. The highest BCUT2D eigenvalue weighted by Gasteiger charge is 2.36. The molecule has 3 rings (SSSR count). The minimum absolute atomic E-state index is 0.257. The minimum Gasteiger partial charge on any atom is -0.338 e. The summed E-state index contributed by atoms with van der Waals surface area (Å²) in [5.74, 6) is 1.13. The fraction of sp³-hybridized carbons (Fsp3) is 0.857. The van der Waals surface area contributed by atoms with Crippen LogP contribution in [0, 0.1) is 0 Å². The highest BCUT2D eigenvalue weighted by molar-refractivity contribution is 8.00. The SMILES string of the molecule is O=C(CSC1CCNCC1)N1CCN2C(=O)CCC2C1. The standard InChI is InChI=1S/C14H23N3O2S/c18-13-2-1-11-9-16(7-8-17(11)13)14(19)10-20-12-3-5-15-6-4-12/h11-12,15H,1-10H2. The van der Waals surface area contributed by atoms with Crippen LogP contribution in [0.4, 0.5) is 0 Å². The molecule has 3 aliphatic heterocycles. The Morgan fingerprint density at radius 3 is 2.85 bits per heavy atom. The number of rotatable bonds is 3. The van der Waals surface area contributed by atoms with Crippen molar-refractivity contribution in [1.82, 2.24) is 15.1 Å². The van der Waals surface area contributed by atoms with Crippen molar-refractivity contribution >= 4 is 23.6 Å². The zero-order chi connectivity index (χ0) is 13.9. The topological polar surface area (TPSA) is 52.7 Å². The number of fused-ring (bicyclic) bond motifs is 1. The van der Waals surface area contributed by atoms with Gasteiger partial charge in [-0.15, -0.1) is 11.8 Å². The van der Waals surface area contributed by atoms with Crippen molar-refractivity contribution in [3.8, 4) is 0 Å². The van der Waals surface area contributed by atoms with E-state index in [9.17, 15) is 9.59 Å². The van der Waals surface area contributed by atoms with Gasteiger partial charge in [0.25, 0.3) is 0 Å². The van der Waals surface area contributed by atoms with Crippen molar-refractivity contribution in [2.45, 2.75) is 37.0 Å². The number of piperazine rings is 1. The van der Waals surface area contributed by atoms with Crippen LogP contribution >= 0.6 is 11.8 Å². The van der Waals surface area contributed by atoms with Gasteiger partial charge in [-0.2, -0.15) is 0 Å². The van der Waals surface area contributed by atoms with Gasteiger partial charge in [0, 0.05) is 37.3 Å². The van der Waals surface area contributed by atoms with Gasteiger partial charge in [-0.05, 0) is 32.4 Å². The van der Waals surface area contributed by atoms with E-state index < -0.39 is 0 Å². The molecular formula is C14H23N3O2S. The number of thioether (sulfide) groups is 1. The maximum absolute atomic E-state index is 12.3. The molecule has 0 saturated carbocycles. The van der Waals surface area contributed by atoms with Gasteiger partial charge < -0.3 is 15.1 Å². The normalized spacial score (nSPS) is 27.8. The lowest BCUT2D eigenvalue weighted by Gasteiger charge is -2.37. The Morgan fingerprint density at radius 2 is 2.05 bits per heavy atom. The Morgan fingerprint density at radius 1 is 1.25 bits per heavy atom. The molecule has 0 spiro atoms. The molecule has 112 valence electrons. The van der Waals surface area contributed by atoms with Gasteiger partial charge in [0.05, 0.1) is 5.75 Å². The Kier molecular flexibility index (Phi) is 4.51. The number of hydrogen-bond donors (Lipinski definition) is 1. The molecule has 0 aromatic rings. The van der Waals surface area contributed by atoms with Crippen LogP contribution in [-0.2, 0) is 9.59 Å². The van der Waals surface area contributed by atoms with E-state index in [1.165, 1.54) is 12.8 Å². The predicted molar refractivity (Wildman–Crippen MR) is 79.7 cm³/mol. The zero-order valence-electron chi connectivity index (χ0n) is 11.8. The van der Waals surface area contributed by atoms with E-state index in [0.717, 1.165) is 32.6 Å². The van der Waals surface area contributed by atoms with Crippen molar-refractivity contribution < 1.29 is 9.59 Å². The maximum Gasteiger partial charge on any atom is 0.232 e. The van der Waals surface area contributed by atoms with Gasteiger partial charge in [0.1, 0.15) is 0 Å². The molecule has 1 N–H and O–H groups in total. The Bertz CT molecular complexity index is 385. The average molecular weight is 297 g/mol. The summed E-state index contributed by atoms with van der Waals surface area (Å²) < 4.78 is 0. The average Bonchev–Trinajstić information content (AvgIpc) is 2.87. The number of nitrogens with one attached hydrogen (secondary N) is 1. The van der Waals surface area contributed by atoms with Gasteiger partial charge in [0.15, 0.2) is 0 Å². The summed E-state index contributed by atoms with van der Waals surface area (Å²) in [6.45, 7) is 4.35. The molecule has 0 aliphatic carbocycles. The Hall–Kier alpha value is -0.750. The molecule has 0 aromatic heterocycles. The van der Waals surface area contributed by atoms with E-state index in [4.69, 9.17) is 0 Å². The molecule has 1 unspecified atom stereocenters.